The van der Waals surface area contributed by atoms with Crippen LogP contribution in [0.5, 0.6) is 0 Å². The molecule has 2 aromatic heterocycles. The predicted octanol–water partition coefficient (Wildman–Crippen LogP) is 6.36. The molecule has 156 valence electrons. The molecule has 4 aromatic rings. The van der Waals surface area contributed by atoms with Gasteiger partial charge in [-0.3, -0.25) is 4.98 Å². The summed E-state index contributed by atoms with van der Waals surface area (Å²) >= 11 is 7.50. The van der Waals surface area contributed by atoms with Crippen molar-refractivity contribution in [3.8, 4) is 10.4 Å². The fourth-order valence-corrected chi connectivity index (χ4v) is 4.68. The molecule has 8 heteroatoms. The molecule has 0 atom stereocenters. The zero-order chi connectivity index (χ0) is 22.0. The lowest BCUT2D eigenvalue weighted by Gasteiger charge is -2.11. The number of methoxy groups -OCH3 is 1. The highest BCUT2D eigenvalue weighted by atomic mass is 35.5. The monoisotopic (exact) mass is 451 g/mol. The summed E-state index contributed by atoms with van der Waals surface area (Å²) in [5, 5.41) is 7.97. The molecule has 6 nitrogen and oxygen atoms in total. The zero-order valence-corrected chi connectivity index (χ0v) is 18.3. The molecule has 2 heterocycles. The first-order chi connectivity index (χ1) is 15.0. The average Bonchev–Trinajstić information content (AvgIpc) is 3.17. The van der Waals surface area contributed by atoms with Crippen molar-refractivity contribution in [1.29, 1.82) is 0 Å². The Kier molecular flexibility index (Phi) is 5.88. The first kappa shape index (κ1) is 20.8. The third-order valence-electron chi connectivity index (χ3n) is 4.73. The number of urea groups is 1. The molecule has 0 radical (unpaired) electrons. The number of aryl methyl sites for hydroxylation is 1. The van der Waals surface area contributed by atoms with E-state index in [-0.39, 0.29) is 4.88 Å². The molecular weight excluding hydrogens is 434 g/mol. The van der Waals surface area contributed by atoms with Crippen molar-refractivity contribution in [3.63, 3.8) is 0 Å². The first-order valence-corrected chi connectivity index (χ1v) is 10.6. The number of hydrogen-bond donors (Lipinski definition) is 2. The maximum Gasteiger partial charge on any atom is 0.350 e. The lowest BCUT2D eigenvalue weighted by Crippen LogP contribution is -2.20. The fourth-order valence-electron chi connectivity index (χ4n) is 3.32. The summed E-state index contributed by atoms with van der Waals surface area (Å²) in [7, 11) is 1.30. The van der Waals surface area contributed by atoms with Crippen LogP contribution in [0.1, 0.15) is 15.2 Å². The van der Waals surface area contributed by atoms with Crippen molar-refractivity contribution in [2.45, 2.75) is 6.92 Å². The number of esters is 1. The van der Waals surface area contributed by atoms with Gasteiger partial charge in [-0.25, -0.2) is 9.59 Å². The third-order valence-corrected chi connectivity index (χ3v) is 6.21. The molecule has 2 N–H and O–H groups in total. The Morgan fingerprint density at radius 3 is 2.58 bits per heavy atom. The Balaban J connectivity index is 1.65. The van der Waals surface area contributed by atoms with Gasteiger partial charge in [0.2, 0.25) is 0 Å². The summed E-state index contributed by atoms with van der Waals surface area (Å²) in [5.41, 5.74) is 2.70. The summed E-state index contributed by atoms with van der Waals surface area (Å²) in [5.74, 6) is -0.540. The average molecular weight is 452 g/mol. The molecule has 0 unspecified atom stereocenters. The van der Waals surface area contributed by atoms with E-state index in [1.165, 1.54) is 18.4 Å². The highest BCUT2D eigenvalue weighted by Gasteiger charge is 2.21. The summed E-state index contributed by atoms with van der Waals surface area (Å²) < 4.78 is 4.89. The van der Waals surface area contributed by atoms with Crippen LogP contribution in [0.25, 0.3) is 21.2 Å². The van der Waals surface area contributed by atoms with Crippen molar-refractivity contribution < 1.29 is 14.3 Å². The Morgan fingerprint density at radius 1 is 1.03 bits per heavy atom. The Hall–Kier alpha value is -3.42. The molecule has 0 aliphatic heterocycles. The SMILES string of the molecule is COC(=O)c1sc(-c2ccccc2Cl)cc1NC(=O)Nc1cncc2cccc(C)c12. The maximum atomic E-state index is 12.8. The molecule has 0 aliphatic rings. The van der Waals surface area contributed by atoms with Crippen LogP contribution in [0.4, 0.5) is 16.2 Å². The molecule has 0 aliphatic carbocycles. The minimum absolute atomic E-state index is 0.278. The van der Waals surface area contributed by atoms with E-state index in [9.17, 15) is 9.59 Å². The van der Waals surface area contributed by atoms with E-state index >= 15 is 0 Å². The number of ether oxygens (including phenoxy) is 1. The van der Waals surface area contributed by atoms with E-state index in [1.54, 1.807) is 24.5 Å². The summed E-state index contributed by atoms with van der Waals surface area (Å²) in [6.07, 6.45) is 3.34. The van der Waals surface area contributed by atoms with E-state index in [2.05, 4.69) is 15.6 Å². The van der Waals surface area contributed by atoms with E-state index in [1.807, 2.05) is 43.3 Å². The highest BCUT2D eigenvalue weighted by molar-refractivity contribution is 7.18. The van der Waals surface area contributed by atoms with E-state index < -0.39 is 12.0 Å². The van der Waals surface area contributed by atoms with Gasteiger partial charge >= 0.3 is 12.0 Å². The number of aromatic nitrogens is 1. The molecule has 4 rings (SSSR count). The molecule has 0 spiro atoms. The fraction of sp³-hybridized carbons (Fsp3) is 0.0870. The minimum Gasteiger partial charge on any atom is -0.465 e. The van der Waals surface area contributed by atoms with Crippen LogP contribution in [0, 0.1) is 6.92 Å². The highest BCUT2D eigenvalue weighted by Crippen LogP contribution is 2.38. The quantitative estimate of drug-likeness (QED) is 0.354. The summed E-state index contributed by atoms with van der Waals surface area (Å²) in [4.78, 5) is 30.3. The molecule has 0 saturated heterocycles. The van der Waals surface area contributed by atoms with Crippen LogP contribution in [0.15, 0.2) is 60.9 Å². The van der Waals surface area contributed by atoms with Gasteiger partial charge in [-0.1, -0.05) is 48.0 Å². The molecule has 2 amide bonds. The summed E-state index contributed by atoms with van der Waals surface area (Å²) in [6, 6.07) is 14.4. The Morgan fingerprint density at radius 2 is 1.81 bits per heavy atom. The second-order valence-corrected chi connectivity index (χ2v) is 8.22. The molecular formula is C23H18ClN3O3S. The van der Waals surface area contributed by atoms with Crippen molar-refractivity contribution >= 4 is 57.1 Å². The van der Waals surface area contributed by atoms with Gasteiger partial charge in [-0.05, 0) is 24.6 Å². The number of carbonyl (C=O) groups excluding carboxylic acids is 2. The number of pyridine rings is 1. The van der Waals surface area contributed by atoms with Crippen molar-refractivity contribution in [2.24, 2.45) is 0 Å². The number of nitrogens with zero attached hydrogens (tertiary/aromatic N) is 1. The van der Waals surface area contributed by atoms with Crippen LogP contribution in [0.3, 0.4) is 0 Å². The van der Waals surface area contributed by atoms with Crippen LogP contribution in [-0.4, -0.2) is 24.1 Å². The number of anilines is 2. The van der Waals surface area contributed by atoms with E-state index in [0.29, 0.717) is 16.4 Å². The lowest BCUT2D eigenvalue weighted by atomic mass is 10.1. The van der Waals surface area contributed by atoms with E-state index in [0.717, 1.165) is 26.8 Å². The standard InChI is InChI=1S/C23H18ClN3O3S/c1-13-6-5-7-14-11-25-12-18(20(13)14)27-23(29)26-17-10-19(31-21(17)22(28)30-2)15-8-3-4-9-16(15)24/h3-12H,1-2H3,(H2,26,27,29). The molecule has 0 fully saturated rings. The van der Waals surface area contributed by atoms with Gasteiger partial charge in [0, 0.05) is 32.4 Å². The van der Waals surface area contributed by atoms with Crippen molar-refractivity contribution in [2.75, 3.05) is 17.7 Å². The molecule has 2 aromatic carbocycles. The Bertz CT molecular complexity index is 1300. The van der Waals surface area contributed by atoms with Crippen molar-refractivity contribution in [3.05, 3.63) is 76.4 Å². The van der Waals surface area contributed by atoms with Gasteiger partial charge in [0.1, 0.15) is 4.88 Å². The maximum absolute atomic E-state index is 12.8. The number of hydrogen-bond acceptors (Lipinski definition) is 5. The number of thiophene rings is 1. The number of fused-ring (bicyclic) bond motifs is 1. The largest absolute Gasteiger partial charge is 0.465 e. The normalized spacial score (nSPS) is 10.7. The second kappa shape index (κ2) is 8.75. The van der Waals surface area contributed by atoms with Gasteiger partial charge < -0.3 is 15.4 Å². The number of nitrogens with one attached hydrogen (secondary N) is 2. The molecule has 0 bridgehead atoms. The van der Waals surface area contributed by atoms with Gasteiger partial charge in [0.25, 0.3) is 0 Å². The van der Waals surface area contributed by atoms with Crippen molar-refractivity contribution in [1.82, 2.24) is 4.98 Å². The number of rotatable bonds is 4. The zero-order valence-electron chi connectivity index (χ0n) is 16.7. The summed E-state index contributed by atoms with van der Waals surface area (Å²) in [6.45, 7) is 1.97. The predicted molar refractivity (Wildman–Crippen MR) is 125 cm³/mol. The second-order valence-electron chi connectivity index (χ2n) is 6.76. The van der Waals surface area contributed by atoms with Gasteiger partial charge in [0.05, 0.1) is 24.7 Å². The molecule has 31 heavy (non-hydrogen) atoms. The minimum atomic E-state index is -0.540. The van der Waals surface area contributed by atoms with Gasteiger partial charge in [-0.2, -0.15) is 0 Å². The molecule has 0 saturated carbocycles. The first-order valence-electron chi connectivity index (χ1n) is 9.36. The number of amides is 2. The number of halogens is 1. The number of benzene rings is 2. The smallest absolute Gasteiger partial charge is 0.350 e. The lowest BCUT2D eigenvalue weighted by molar-refractivity contribution is 0.0607. The van der Waals surface area contributed by atoms with Gasteiger partial charge in [0.15, 0.2) is 0 Å². The van der Waals surface area contributed by atoms with Crippen LogP contribution in [0.2, 0.25) is 5.02 Å². The van der Waals surface area contributed by atoms with Crippen LogP contribution in [-0.2, 0) is 4.74 Å². The van der Waals surface area contributed by atoms with Gasteiger partial charge in [-0.15, -0.1) is 11.3 Å². The topological polar surface area (TPSA) is 80.3 Å². The van der Waals surface area contributed by atoms with E-state index in [4.69, 9.17) is 16.3 Å². The number of carbonyl (C=O) groups is 2. The van der Waals surface area contributed by atoms with Crippen LogP contribution >= 0.6 is 22.9 Å². The van der Waals surface area contributed by atoms with Crippen LogP contribution < -0.4 is 10.6 Å². The Labute approximate surface area is 187 Å². The third kappa shape index (κ3) is 4.23.